The minimum atomic E-state index is -0.411. The molecule has 0 spiro atoms. The van der Waals surface area contributed by atoms with Gasteiger partial charge >= 0.3 is 0 Å². The van der Waals surface area contributed by atoms with Gasteiger partial charge in [0.2, 0.25) is 10.8 Å². The molecular weight excluding hydrogens is 294 g/mol. The van der Waals surface area contributed by atoms with Crippen LogP contribution in [0.2, 0.25) is 0 Å². The van der Waals surface area contributed by atoms with E-state index in [1.54, 1.807) is 11.8 Å². The maximum absolute atomic E-state index is 11.5. The Balaban J connectivity index is 1.90. The van der Waals surface area contributed by atoms with Crippen molar-refractivity contribution < 1.29 is 5.11 Å². The lowest BCUT2D eigenvalue weighted by Crippen LogP contribution is -2.12. The highest BCUT2D eigenvalue weighted by atomic mass is 32.2. The third-order valence-corrected chi connectivity index (χ3v) is 4.91. The van der Waals surface area contributed by atoms with Crippen molar-refractivity contribution in [3.05, 3.63) is 51.8 Å². The normalized spacial score (nSPS) is 11.1. The topological polar surface area (TPSA) is 67.5 Å². The van der Waals surface area contributed by atoms with Gasteiger partial charge in [0.25, 0.3) is 5.56 Å². The predicted octanol–water partition coefficient (Wildman–Crippen LogP) is 2.46. The van der Waals surface area contributed by atoms with E-state index in [0.717, 1.165) is 10.1 Å². The Morgan fingerprint density at radius 3 is 2.85 bits per heavy atom. The van der Waals surface area contributed by atoms with Crippen LogP contribution in [0.25, 0.3) is 4.96 Å². The van der Waals surface area contributed by atoms with E-state index in [0.29, 0.717) is 4.96 Å². The molecule has 0 amide bonds. The van der Waals surface area contributed by atoms with Crippen molar-refractivity contribution in [1.82, 2.24) is 14.6 Å². The summed E-state index contributed by atoms with van der Waals surface area (Å²) < 4.78 is 2.08. The van der Waals surface area contributed by atoms with Gasteiger partial charge in [0.1, 0.15) is 0 Å². The highest BCUT2D eigenvalue weighted by Crippen LogP contribution is 2.28. The number of hydrogen-bond acceptors (Lipinski definition) is 6. The van der Waals surface area contributed by atoms with Gasteiger partial charge in [0, 0.05) is 5.75 Å². The maximum Gasteiger partial charge on any atom is 0.280 e. The summed E-state index contributed by atoms with van der Waals surface area (Å²) in [5.74, 6) is 0.647. The molecule has 0 saturated carbocycles. The van der Waals surface area contributed by atoms with Crippen LogP contribution < -0.4 is 5.56 Å². The quantitative estimate of drug-likeness (QED) is 0.753. The number of thioether (sulfide) groups is 1. The van der Waals surface area contributed by atoms with Crippen molar-refractivity contribution in [2.75, 3.05) is 0 Å². The number of aromatic hydroxyl groups is 1. The van der Waals surface area contributed by atoms with Crippen LogP contribution in [0.3, 0.4) is 0 Å². The van der Waals surface area contributed by atoms with E-state index in [2.05, 4.69) is 10.1 Å². The monoisotopic (exact) mass is 305 g/mol. The maximum atomic E-state index is 11.5. The van der Waals surface area contributed by atoms with Crippen molar-refractivity contribution in [3.63, 3.8) is 0 Å². The van der Waals surface area contributed by atoms with E-state index in [-0.39, 0.29) is 11.4 Å². The SMILES string of the molecule is Cc1c(O)n2nc(SCc3ccccc3)sc2nc1=O. The van der Waals surface area contributed by atoms with Crippen LogP contribution in [-0.4, -0.2) is 19.7 Å². The second-order valence-electron chi connectivity index (χ2n) is 4.20. The molecule has 0 atom stereocenters. The van der Waals surface area contributed by atoms with Crippen molar-refractivity contribution in [3.8, 4) is 5.88 Å². The lowest BCUT2D eigenvalue weighted by atomic mass is 10.2. The standard InChI is InChI=1S/C13H11N3O2S2/c1-8-10(17)14-12-16(11(8)18)15-13(20-12)19-7-9-5-3-2-4-6-9/h2-6,18H,7H2,1H3. The summed E-state index contributed by atoms with van der Waals surface area (Å²) >= 11 is 2.85. The van der Waals surface area contributed by atoms with Gasteiger partial charge in [-0.25, -0.2) is 0 Å². The van der Waals surface area contributed by atoms with Crippen LogP contribution >= 0.6 is 23.1 Å². The largest absolute Gasteiger partial charge is 0.493 e. The van der Waals surface area contributed by atoms with Gasteiger partial charge in [-0.1, -0.05) is 53.4 Å². The molecule has 1 aromatic carbocycles. The predicted molar refractivity (Wildman–Crippen MR) is 79.5 cm³/mol. The molecule has 2 aromatic heterocycles. The summed E-state index contributed by atoms with van der Waals surface area (Å²) in [4.78, 5) is 15.8. The van der Waals surface area contributed by atoms with E-state index in [1.165, 1.54) is 28.3 Å². The first kappa shape index (κ1) is 13.1. The van der Waals surface area contributed by atoms with Crippen molar-refractivity contribution >= 4 is 28.1 Å². The first-order valence-electron chi connectivity index (χ1n) is 5.91. The molecule has 0 bridgehead atoms. The average molecular weight is 305 g/mol. The molecule has 0 aliphatic rings. The third-order valence-electron chi connectivity index (χ3n) is 2.80. The van der Waals surface area contributed by atoms with Crippen molar-refractivity contribution in [1.29, 1.82) is 0 Å². The first-order valence-corrected chi connectivity index (χ1v) is 7.71. The zero-order valence-corrected chi connectivity index (χ0v) is 12.2. The zero-order chi connectivity index (χ0) is 14.1. The molecule has 0 unspecified atom stereocenters. The first-order chi connectivity index (χ1) is 9.65. The third kappa shape index (κ3) is 2.41. The van der Waals surface area contributed by atoms with Crippen LogP contribution in [0.4, 0.5) is 0 Å². The van der Waals surface area contributed by atoms with Gasteiger partial charge in [-0.2, -0.15) is 9.50 Å². The lowest BCUT2D eigenvalue weighted by molar-refractivity contribution is 0.428. The minimum absolute atomic E-state index is 0.136. The van der Waals surface area contributed by atoms with Crippen LogP contribution in [0.1, 0.15) is 11.1 Å². The fourth-order valence-electron chi connectivity index (χ4n) is 1.68. The van der Waals surface area contributed by atoms with Gasteiger partial charge in [-0.15, -0.1) is 5.10 Å². The van der Waals surface area contributed by atoms with E-state index >= 15 is 0 Å². The zero-order valence-electron chi connectivity index (χ0n) is 10.6. The summed E-state index contributed by atoms with van der Waals surface area (Å²) in [6.45, 7) is 1.53. The summed E-state index contributed by atoms with van der Waals surface area (Å²) in [6, 6.07) is 10.0. The van der Waals surface area contributed by atoms with Crippen LogP contribution in [0.5, 0.6) is 5.88 Å². The Labute approximate surface area is 122 Å². The summed E-state index contributed by atoms with van der Waals surface area (Å²) in [5.41, 5.74) is 0.998. The molecule has 1 N–H and O–H groups in total. The molecule has 0 aliphatic heterocycles. The van der Waals surface area contributed by atoms with Gasteiger partial charge in [0.15, 0.2) is 4.34 Å². The van der Waals surface area contributed by atoms with E-state index in [1.807, 2.05) is 30.3 Å². The molecule has 0 saturated heterocycles. The molecule has 5 nitrogen and oxygen atoms in total. The number of hydrogen-bond donors (Lipinski definition) is 1. The molecule has 3 rings (SSSR count). The second kappa shape index (κ2) is 5.26. The van der Waals surface area contributed by atoms with Crippen molar-refractivity contribution in [2.45, 2.75) is 17.0 Å². The number of aromatic nitrogens is 3. The van der Waals surface area contributed by atoms with Crippen LogP contribution in [-0.2, 0) is 5.75 Å². The Bertz CT molecular complexity index is 812. The summed E-state index contributed by atoms with van der Waals surface area (Å²) in [5, 5.41) is 14.2. The van der Waals surface area contributed by atoms with Gasteiger partial charge in [-0.05, 0) is 12.5 Å². The highest BCUT2D eigenvalue weighted by molar-refractivity contribution is 8.00. The summed E-state index contributed by atoms with van der Waals surface area (Å²) in [7, 11) is 0. The average Bonchev–Trinajstić information content (AvgIpc) is 2.87. The van der Waals surface area contributed by atoms with Gasteiger partial charge < -0.3 is 5.11 Å². The molecule has 7 heteroatoms. The molecule has 102 valence electrons. The number of rotatable bonds is 3. The Morgan fingerprint density at radius 2 is 2.10 bits per heavy atom. The summed E-state index contributed by atoms with van der Waals surface area (Å²) in [6.07, 6.45) is 0. The molecule has 0 aliphatic carbocycles. The molecule has 0 fully saturated rings. The minimum Gasteiger partial charge on any atom is -0.493 e. The fourth-order valence-corrected chi connectivity index (χ4v) is 3.56. The number of nitrogens with zero attached hydrogens (tertiary/aromatic N) is 3. The molecule has 20 heavy (non-hydrogen) atoms. The Hall–Kier alpha value is -1.86. The van der Waals surface area contributed by atoms with E-state index < -0.39 is 5.56 Å². The fraction of sp³-hybridized carbons (Fsp3) is 0.154. The Kier molecular flexibility index (Phi) is 3.45. The molecule has 0 radical (unpaired) electrons. The van der Waals surface area contributed by atoms with Gasteiger partial charge in [0.05, 0.1) is 5.56 Å². The molecule has 3 aromatic rings. The number of fused-ring (bicyclic) bond motifs is 1. The highest BCUT2D eigenvalue weighted by Gasteiger charge is 2.13. The van der Waals surface area contributed by atoms with Crippen LogP contribution in [0, 0.1) is 6.92 Å². The smallest absolute Gasteiger partial charge is 0.280 e. The number of benzene rings is 1. The molecule has 2 heterocycles. The van der Waals surface area contributed by atoms with Gasteiger partial charge in [-0.3, -0.25) is 4.79 Å². The molecular formula is C13H11N3O2S2. The van der Waals surface area contributed by atoms with E-state index in [9.17, 15) is 9.90 Å². The Morgan fingerprint density at radius 1 is 1.35 bits per heavy atom. The van der Waals surface area contributed by atoms with Crippen molar-refractivity contribution in [2.24, 2.45) is 0 Å². The lowest BCUT2D eigenvalue weighted by Gasteiger charge is -1.98. The van der Waals surface area contributed by atoms with E-state index in [4.69, 9.17) is 0 Å². The van der Waals surface area contributed by atoms with Crippen LogP contribution in [0.15, 0.2) is 39.5 Å². The second-order valence-corrected chi connectivity index (χ2v) is 6.38.